The molecule has 0 spiro atoms. The highest BCUT2D eigenvalue weighted by atomic mass is 16.5. The summed E-state index contributed by atoms with van der Waals surface area (Å²) in [7, 11) is 0. The van der Waals surface area contributed by atoms with Crippen LogP contribution >= 0.6 is 0 Å². The van der Waals surface area contributed by atoms with E-state index >= 15 is 0 Å². The van der Waals surface area contributed by atoms with Crippen LogP contribution in [0, 0.1) is 0 Å². The largest absolute Gasteiger partial charge is 0.466 e. The second kappa shape index (κ2) is 23.6. The highest BCUT2D eigenvalue weighted by Crippen LogP contribution is 2.14. The van der Waals surface area contributed by atoms with Gasteiger partial charge in [-0.3, -0.25) is 9.59 Å². The predicted molar refractivity (Wildman–Crippen MR) is 134 cm³/mol. The lowest BCUT2D eigenvalue weighted by molar-refractivity contribution is -0.148. The first-order valence-corrected chi connectivity index (χ1v) is 13.7. The van der Waals surface area contributed by atoms with E-state index in [2.05, 4.69) is 12.2 Å². The van der Waals surface area contributed by atoms with Gasteiger partial charge in [0, 0.05) is 12.8 Å². The van der Waals surface area contributed by atoms with Gasteiger partial charge in [-0.15, -0.1) is 0 Å². The molecular weight excluding hydrogens is 418 g/mol. The fourth-order valence-electron chi connectivity index (χ4n) is 3.91. The van der Waals surface area contributed by atoms with Crippen molar-refractivity contribution in [2.24, 2.45) is 0 Å². The molecule has 0 unspecified atom stereocenters. The number of nitrogens with one attached hydrogen (secondary N) is 1. The van der Waals surface area contributed by atoms with E-state index in [9.17, 15) is 14.4 Å². The lowest BCUT2D eigenvalue weighted by Gasteiger charge is -2.17. The molecule has 0 aliphatic rings. The van der Waals surface area contributed by atoms with Crippen molar-refractivity contribution in [3.05, 3.63) is 0 Å². The van der Waals surface area contributed by atoms with Crippen molar-refractivity contribution in [1.82, 2.24) is 5.32 Å². The van der Waals surface area contributed by atoms with Gasteiger partial charge in [0.2, 0.25) is 5.91 Å². The van der Waals surface area contributed by atoms with E-state index in [-0.39, 0.29) is 31.3 Å². The van der Waals surface area contributed by atoms with Gasteiger partial charge in [0.25, 0.3) is 0 Å². The van der Waals surface area contributed by atoms with Crippen molar-refractivity contribution < 1.29 is 23.9 Å². The van der Waals surface area contributed by atoms with Gasteiger partial charge < -0.3 is 14.8 Å². The van der Waals surface area contributed by atoms with Gasteiger partial charge in [-0.05, 0) is 26.7 Å². The predicted octanol–water partition coefficient (Wildman–Crippen LogP) is 6.64. The molecule has 0 bridgehead atoms. The van der Waals surface area contributed by atoms with Crippen LogP contribution in [-0.2, 0) is 23.9 Å². The molecule has 0 aromatic carbocycles. The first-order chi connectivity index (χ1) is 16.0. The number of rotatable bonds is 23. The molecule has 0 heterocycles. The molecular formula is C27H51NO5. The van der Waals surface area contributed by atoms with Crippen molar-refractivity contribution in [3.63, 3.8) is 0 Å². The molecule has 33 heavy (non-hydrogen) atoms. The SMILES string of the molecule is CCCCCCCCCCCCCCCCCC(=O)N[C@@H](CCC(=O)OCC)C(=O)OCC. The van der Waals surface area contributed by atoms with Crippen LogP contribution in [0.15, 0.2) is 0 Å². The summed E-state index contributed by atoms with van der Waals surface area (Å²) in [5.41, 5.74) is 0. The van der Waals surface area contributed by atoms with Crippen LogP contribution in [0.25, 0.3) is 0 Å². The van der Waals surface area contributed by atoms with Crippen molar-refractivity contribution in [1.29, 1.82) is 0 Å². The zero-order chi connectivity index (χ0) is 24.6. The molecule has 0 aliphatic heterocycles. The normalized spacial score (nSPS) is 11.7. The molecule has 0 saturated heterocycles. The van der Waals surface area contributed by atoms with Crippen LogP contribution in [0.3, 0.4) is 0 Å². The van der Waals surface area contributed by atoms with Gasteiger partial charge in [-0.1, -0.05) is 96.8 Å². The fraction of sp³-hybridized carbons (Fsp3) is 0.889. The minimum Gasteiger partial charge on any atom is -0.466 e. The Morgan fingerprint density at radius 2 is 1.06 bits per heavy atom. The van der Waals surface area contributed by atoms with Crippen LogP contribution < -0.4 is 5.32 Å². The van der Waals surface area contributed by atoms with E-state index in [0.717, 1.165) is 19.3 Å². The lowest BCUT2D eigenvalue weighted by atomic mass is 10.0. The lowest BCUT2D eigenvalue weighted by Crippen LogP contribution is -2.42. The number of hydrogen-bond donors (Lipinski definition) is 1. The molecule has 1 amide bonds. The molecule has 0 aromatic heterocycles. The van der Waals surface area contributed by atoms with Gasteiger partial charge in [-0.25, -0.2) is 4.79 Å². The Kier molecular flexibility index (Phi) is 22.4. The Labute approximate surface area is 202 Å². The highest BCUT2D eigenvalue weighted by Gasteiger charge is 2.23. The van der Waals surface area contributed by atoms with Crippen molar-refractivity contribution in [2.45, 2.75) is 142 Å². The second-order valence-electron chi connectivity index (χ2n) is 8.92. The van der Waals surface area contributed by atoms with Gasteiger partial charge in [0.05, 0.1) is 13.2 Å². The summed E-state index contributed by atoms with van der Waals surface area (Å²) in [6, 6.07) is -0.793. The topological polar surface area (TPSA) is 81.7 Å². The monoisotopic (exact) mass is 469 g/mol. The summed E-state index contributed by atoms with van der Waals surface area (Å²) in [6.45, 7) is 6.26. The average Bonchev–Trinajstić information content (AvgIpc) is 2.79. The van der Waals surface area contributed by atoms with E-state index < -0.39 is 12.0 Å². The Bertz CT molecular complexity index is 495. The van der Waals surface area contributed by atoms with Crippen LogP contribution in [0.5, 0.6) is 0 Å². The third-order valence-corrected chi connectivity index (χ3v) is 5.86. The minimum absolute atomic E-state index is 0.0799. The Morgan fingerprint density at radius 1 is 0.606 bits per heavy atom. The first-order valence-electron chi connectivity index (χ1n) is 13.7. The third kappa shape index (κ3) is 20.7. The van der Waals surface area contributed by atoms with E-state index in [4.69, 9.17) is 9.47 Å². The number of amides is 1. The number of hydrogen-bond acceptors (Lipinski definition) is 5. The molecule has 0 saturated carbocycles. The minimum atomic E-state index is -0.793. The third-order valence-electron chi connectivity index (χ3n) is 5.86. The van der Waals surface area contributed by atoms with Crippen LogP contribution in [0.1, 0.15) is 136 Å². The highest BCUT2D eigenvalue weighted by molar-refractivity contribution is 5.84. The molecule has 6 nitrogen and oxygen atoms in total. The molecule has 1 atom stereocenters. The van der Waals surface area contributed by atoms with E-state index in [1.807, 2.05) is 0 Å². The number of carbonyl (C=O) groups is 3. The molecule has 0 aromatic rings. The molecule has 0 radical (unpaired) electrons. The van der Waals surface area contributed by atoms with Gasteiger partial charge >= 0.3 is 11.9 Å². The Hall–Kier alpha value is -1.59. The summed E-state index contributed by atoms with van der Waals surface area (Å²) in [5, 5.41) is 2.73. The number of unbranched alkanes of at least 4 members (excludes halogenated alkanes) is 14. The average molecular weight is 470 g/mol. The molecule has 6 heteroatoms. The zero-order valence-electron chi connectivity index (χ0n) is 21.8. The van der Waals surface area contributed by atoms with E-state index in [1.54, 1.807) is 13.8 Å². The molecule has 0 aliphatic carbocycles. The maximum absolute atomic E-state index is 12.2. The summed E-state index contributed by atoms with van der Waals surface area (Å²) >= 11 is 0. The number of ether oxygens (including phenoxy) is 2. The van der Waals surface area contributed by atoms with Crippen molar-refractivity contribution in [2.75, 3.05) is 13.2 Å². The summed E-state index contributed by atoms with van der Waals surface area (Å²) in [6.07, 6.45) is 19.9. The quantitative estimate of drug-likeness (QED) is 0.134. The van der Waals surface area contributed by atoms with Gasteiger partial charge in [-0.2, -0.15) is 0 Å². The summed E-state index contributed by atoms with van der Waals surface area (Å²) in [5.74, 6) is -1.03. The smallest absolute Gasteiger partial charge is 0.328 e. The molecule has 1 N–H and O–H groups in total. The standard InChI is InChI=1S/C27H51NO5/c1-4-7-8-9-10-11-12-13-14-15-16-17-18-19-20-21-25(29)28-24(27(31)33-6-3)22-23-26(30)32-5-2/h24H,4-23H2,1-3H3,(H,28,29)/t24-/m0/s1. The van der Waals surface area contributed by atoms with Crippen molar-refractivity contribution >= 4 is 17.8 Å². The number of carbonyl (C=O) groups excluding carboxylic acids is 3. The van der Waals surface area contributed by atoms with Crippen molar-refractivity contribution in [3.8, 4) is 0 Å². The maximum Gasteiger partial charge on any atom is 0.328 e. The van der Waals surface area contributed by atoms with Crippen LogP contribution in [-0.4, -0.2) is 37.1 Å². The zero-order valence-corrected chi connectivity index (χ0v) is 21.8. The van der Waals surface area contributed by atoms with Gasteiger partial charge in [0.15, 0.2) is 0 Å². The summed E-state index contributed by atoms with van der Waals surface area (Å²) in [4.78, 5) is 35.9. The van der Waals surface area contributed by atoms with Crippen LogP contribution in [0.2, 0.25) is 0 Å². The Balaban J connectivity index is 3.74. The van der Waals surface area contributed by atoms with E-state index in [1.165, 1.54) is 77.0 Å². The summed E-state index contributed by atoms with van der Waals surface area (Å²) < 4.78 is 9.92. The van der Waals surface area contributed by atoms with Crippen LogP contribution in [0.4, 0.5) is 0 Å². The molecule has 0 fully saturated rings. The Morgan fingerprint density at radius 3 is 1.52 bits per heavy atom. The number of esters is 2. The second-order valence-corrected chi connectivity index (χ2v) is 8.92. The molecule has 194 valence electrons. The molecule has 0 rings (SSSR count). The fourth-order valence-corrected chi connectivity index (χ4v) is 3.91. The maximum atomic E-state index is 12.2. The van der Waals surface area contributed by atoms with Gasteiger partial charge in [0.1, 0.15) is 6.04 Å². The van der Waals surface area contributed by atoms with E-state index in [0.29, 0.717) is 13.0 Å². The first kappa shape index (κ1) is 31.4.